The number of carbonyl (C=O) groups excluding carboxylic acids is 2. The fourth-order valence-corrected chi connectivity index (χ4v) is 9.93. The van der Waals surface area contributed by atoms with Gasteiger partial charge in [-0.3, -0.25) is 9.59 Å². The van der Waals surface area contributed by atoms with Gasteiger partial charge < -0.3 is 9.47 Å². The van der Waals surface area contributed by atoms with Crippen LogP contribution in [-0.2, 0) is 19.1 Å². The summed E-state index contributed by atoms with van der Waals surface area (Å²) in [6.45, 7) is 7.13. The zero-order valence-corrected chi connectivity index (χ0v) is 21.4. The van der Waals surface area contributed by atoms with Gasteiger partial charge in [0.2, 0.25) is 5.78 Å². The summed E-state index contributed by atoms with van der Waals surface area (Å²) >= 11 is 21.5. The highest BCUT2D eigenvalue weighted by Crippen LogP contribution is 2.74. The molecular weight excluding hydrogens is 497 g/mol. The Balaban J connectivity index is 1.66. The van der Waals surface area contributed by atoms with Crippen LogP contribution in [0.4, 0.5) is 8.78 Å². The smallest absolute Gasteiger partial charge is 0.299 e. The summed E-state index contributed by atoms with van der Waals surface area (Å²) < 4.78 is 40.2. The van der Waals surface area contributed by atoms with E-state index in [1.165, 1.54) is 0 Å². The van der Waals surface area contributed by atoms with E-state index < -0.39 is 56.2 Å². The average Bonchev–Trinajstić information content (AvgIpc) is 3.11. The fourth-order valence-electron chi connectivity index (χ4n) is 8.19. The van der Waals surface area contributed by atoms with Crippen LogP contribution in [0, 0.1) is 22.7 Å². The van der Waals surface area contributed by atoms with Crippen molar-refractivity contribution >= 4 is 46.4 Å². The third-order valence-electron chi connectivity index (χ3n) is 9.54. The first-order valence-electron chi connectivity index (χ1n) is 11.6. The molecule has 0 bridgehead atoms. The Morgan fingerprint density at radius 2 is 1.82 bits per heavy atom. The van der Waals surface area contributed by atoms with Crippen molar-refractivity contribution in [2.75, 3.05) is 0 Å². The van der Waals surface area contributed by atoms with Crippen molar-refractivity contribution in [1.29, 1.82) is 0 Å². The van der Waals surface area contributed by atoms with Crippen molar-refractivity contribution in [3.63, 3.8) is 0 Å². The number of allylic oxidation sites excluding steroid dienone is 1. The molecular formula is C24H29Cl3F2O4. The van der Waals surface area contributed by atoms with Crippen LogP contribution >= 0.6 is 34.8 Å². The van der Waals surface area contributed by atoms with Gasteiger partial charge in [-0.15, -0.1) is 34.8 Å². The molecule has 0 spiro atoms. The number of ketones is 2. The van der Waals surface area contributed by atoms with Gasteiger partial charge in [0.1, 0.15) is 0 Å². The number of hydrogen-bond donors (Lipinski definition) is 0. The van der Waals surface area contributed by atoms with Gasteiger partial charge >= 0.3 is 0 Å². The van der Waals surface area contributed by atoms with E-state index in [4.69, 9.17) is 44.3 Å². The maximum absolute atomic E-state index is 14.0. The second-order valence-electron chi connectivity index (χ2n) is 11.4. The molecule has 0 unspecified atom stereocenters. The predicted molar refractivity (Wildman–Crippen MR) is 121 cm³/mol. The molecule has 0 aromatic rings. The van der Waals surface area contributed by atoms with E-state index in [1.807, 2.05) is 13.8 Å². The Hall–Kier alpha value is -0.270. The van der Waals surface area contributed by atoms with Crippen molar-refractivity contribution in [3.05, 3.63) is 11.6 Å². The maximum Gasteiger partial charge on any atom is 0.299 e. The lowest BCUT2D eigenvalue weighted by molar-refractivity contribution is -0.217. The first-order valence-corrected chi connectivity index (χ1v) is 12.8. The summed E-state index contributed by atoms with van der Waals surface area (Å²) in [6.07, 6.45) is -0.488. The second kappa shape index (κ2) is 7.15. The van der Waals surface area contributed by atoms with Crippen molar-refractivity contribution < 1.29 is 27.8 Å². The van der Waals surface area contributed by atoms with E-state index in [2.05, 4.69) is 0 Å². The summed E-state index contributed by atoms with van der Waals surface area (Å²) in [5.74, 6) is -2.91. The molecule has 4 fully saturated rings. The topological polar surface area (TPSA) is 52.6 Å². The molecule has 1 saturated heterocycles. The van der Waals surface area contributed by atoms with E-state index in [-0.39, 0.29) is 24.0 Å². The Labute approximate surface area is 207 Å². The van der Waals surface area contributed by atoms with Crippen LogP contribution < -0.4 is 0 Å². The minimum Gasteiger partial charge on any atom is -0.344 e. The SMILES string of the molecule is CC1(C)O[C@@H]2C[C@H]3[C@@H]4C[C@H](Cl)C5=CC(=O)CC[C@]5(C)[C@@]4(Cl)[C@@H](Cl)C[C@]3(C)[C@]2(C(=O)C(F)F)O1. The number of Topliss-reactive ketones (excluding diaryl/α,β-unsaturated/α-hetero) is 1. The van der Waals surface area contributed by atoms with Gasteiger partial charge in [-0.1, -0.05) is 13.8 Å². The van der Waals surface area contributed by atoms with Crippen molar-refractivity contribution in [2.24, 2.45) is 22.7 Å². The quantitative estimate of drug-likeness (QED) is 0.437. The lowest BCUT2D eigenvalue weighted by Crippen LogP contribution is -2.70. The molecule has 33 heavy (non-hydrogen) atoms. The summed E-state index contributed by atoms with van der Waals surface area (Å²) in [5, 5.41) is -1.08. The van der Waals surface area contributed by atoms with E-state index in [1.54, 1.807) is 19.9 Å². The predicted octanol–water partition coefficient (Wildman–Crippen LogP) is 5.65. The number of hydrogen-bond acceptors (Lipinski definition) is 4. The zero-order valence-electron chi connectivity index (χ0n) is 19.1. The molecule has 3 saturated carbocycles. The molecule has 4 aliphatic carbocycles. The Morgan fingerprint density at radius 3 is 2.45 bits per heavy atom. The number of alkyl halides is 5. The summed E-state index contributed by atoms with van der Waals surface area (Å²) in [5.41, 5.74) is -2.62. The van der Waals surface area contributed by atoms with Crippen LogP contribution in [0.25, 0.3) is 0 Å². The standard InChI is InChI=1S/C24H29Cl3F2O4/c1-20(2)32-17-9-12-13-8-15(25)14-7-11(30)5-6-21(14,3)23(13,27)16(26)10-22(12,4)24(17,33-20)18(31)19(28)29/h7,12-13,15-17,19H,5-6,8-10H2,1-4H3/t12-,13-,15-,16-,17+,21-,22-,23-,24-/m0/s1. The molecule has 0 aromatic carbocycles. The third-order valence-corrected chi connectivity index (χ3v) is 11.5. The van der Waals surface area contributed by atoms with Gasteiger partial charge in [-0.2, -0.15) is 0 Å². The normalized spacial score (nSPS) is 52.6. The molecule has 5 rings (SSSR count). The van der Waals surface area contributed by atoms with Crippen LogP contribution in [0.5, 0.6) is 0 Å². The van der Waals surface area contributed by atoms with Crippen LogP contribution in [-0.4, -0.2) is 51.1 Å². The van der Waals surface area contributed by atoms with Gasteiger partial charge in [-0.25, -0.2) is 8.78 Å². The average molecular weight is 526 g/mol. The fraction of sp³-hybridized carbons (Fsp3) is 0.833. The number of fused-ring (bicyclic) bond motifs is 7. The molecule has 4 nitrogen and oxygen atoms in total. The highest BCUT2D eigenvalue weighted by atomic mass is 35.5. The molecule has 0 N–H and O–H groups in total. The third kappa shape index (κ3) is 2.82. The minimum absolute atomic E-state index is 0.0273. The molecule has 0 amide bonds. The molecule has 0 aromatic heterocycles. The summed E-state index contributed by atoms with van der Waals surface area (Å²) in [4.78, 5) is 24.4. The molecule has 1 aliphatic heterocycles. The first-order chi connectivity index (χ1) is 15.1. The highest BCUT2D eigenvalue weighted by Gasteiger charge is 2.80. The Bertz CT molecular complexity index is 956. The van der Waals surface area contributed by atoms with E-state index in [0.717, 1.165) is 5.57 Å². The molecule has 1 heterocycles. The van der Waals surface area contributed by atoms with E-state index in [9.17, 15) is 18.4 Å². The van der Waals surface area contributed by atoms with E-state index in [0.29, 0.717) is 25.7 Å². The Morgan fingerprint density at radius 1 is 1.15 bits per heavy atom. The molecule has 9 heteroatoms. The number of rotatable bonds is 2. The molecule has 0 radical (unpaired) electrons. The maximum atomic E-state index is 14.0. The van der Waals surface area contributed by atoms with Crippen LogP contribution in [0.1, 0.15) is 59.8 Å². The number of halogens is 5. The summed E-state index contributed by atoms with van der Waals surface area (Å²) in [7, 11) is 0. The molecule has 5 aliphatic rings. The van der Waals surface area contributed by atoms with Crippen molar-refractivity contribution in [1.82, 2.24) is 0 Å². The molecule has 184 valence electrons. The summed E-state index contributed by atoms with van der Waals surface area (Å²) in [6, 6.07) is 0. The lowest BCUT2D eigenvalue weighted by Gasteiger charge is -2.65. The van der Waals surface area contributed by atoms with E-state index >= 15 is 0 Å². The first kappa shape index (κ1) is 24.4. The zero-order chi connectivity index (χ0) is 24.4. The minimum atomic E-state index is -3.19. The lowest BCUT2D eigenvalue weighted by atomic mass is 9.45. The molecule has 9 atom stereocenters. The van der Waals surface area contributed by atoms with Crippen LogP contribution in [0.2, 0.25) is 0 Å². The second-order valence-corrected chi connectivity index (χ2v) is 13.1. The van der Waals surface area contributed by atoms with Crippen molar-refractivity contribution in [2.45, 2.75) is 99.3 Å². The number of ether oxygens (including phenoxy) is 2. The van der Waals surface area contributed by atoms with Gasteiger partial charge in [0.15, 0.2) is 17.2 Å². The van der Waals surface area contributed by atoms with Crippen molar-refractivity contribution in [3.8, 4) is 0 Å². The van der Waals surface area contributed by atoms with Gasteiger partial charge in [0, 0.05) is 17.3 Å². The van der Waals surface area contributed by atoms with Gasteiger partial charge in [0.25, 0.3) is 6.43 Å². The van der Waals surface area contributed by atoms with Gasteiger partial charge in [-0.05, 0) is 63.0 Å². The highest BCUT2D eigenvalue weighted by molar-refractivity contribution is 6.34. The Kier molecular flexibility index (Phi) is 5.29. The monoisotopic (exact) mass is 524 g/mol. The van der Waals surface area contributed by atoms with Gasteiger partial charge in [0.05, 0.1) is 21.7 Å². The van der Waals surface area contributed by atoms with Crippen LogP contribution in [0.3, 0.4) is 0 Å². The van der Waals surface area contributed by atoms with Crippen LogP contribution in [0.15, 0.2) is 11.6 Å². The largest absolute Gasteiger partial charge is 0.344 e. The number of carbonyl (C=O) groups is 2.